The third kappa shape index (κ3) is 3.24. The molecule has 0 bridgehead atoms. The maximum Gasteiger partial charge on any atom is 0.227 e. The van der Waals surface area contributed by atoms with Crippen molar-refractivity contribution in [3.63, 3.8) is 0 Å². The van der Waals surface area contributed by atoms with Crippen molar-refractivity contribution in [2.75, 3.05) is 5.32 Å². The number of hydrogen-bond acceptors (Lipinski definition) is 1. The van der Waals surface area contributed by atoms with Crippen molar-refractivity contribution in [1.82, 2.24) is 0 Å². The number of nitrogens with one attached hydrogen (secondary N) is 1. The van der Waals surface area contributed by atoms with Crippen molar-refractivity contribution in [3.8, 4) is 0 Å². The predicted molar refractivity (Wildman–Crippen MR) is 63.8 cm³/mol. The highest BCUT2D eigenvalue weighted by Gasteiger charge is 2.11. The number of aryl methyl sites for hydroxylation is 1. The number of para-hydroxylation sites is 1. The fourth-order valence-corrected chi connectivity index (χ4v) is 1.33. The molecule has 2 heteroatoms. The minimum atomic E-state index is -0.0258. The van der Waals surface area contributed by atoms with E-state index in [1.165, 1.54) is 0 Å². The van der Waals surface area contributed by atoms with Crippen molar-refractivity contribution >= 4 is 11.6 Å². The molecule has 0 fully saturated rings. The van der Waals surface area contributed by atoms with Crippen molar-refractivity contribution < 1.29 is 4.79 Å². The van der Waals surface area contributed by atoms with Crippen LogP contribution in [0.25, 0.3) is 0 Å². The van der Waals surface area contributed by atoms with Crippen LogP contribution in [0.15, 0.2) is 36.9 Å². The van der Waals surface area contributed by atoms with E-state index in [-0.39, 0.29) is 11.8 Å². The Bertz CT molecular complexity index is 357. The third-order valence-electron chi connectivity index (χ3n) is 2.37. The predicted octanol–water partition coefficient (Wildman–Crippen LogP) is 3.15. The summed E-state index contributed by atoms with van der Waals surface area (Å²) in [5.74, 6) is 0.0197. The van der Waals surface area contributed by atoms with E-state index in [9.17, 15) is 4.79 Å². The lowest BCUT2D eigenvalue weighted by Crippen LogP contribution is -2.20. The summed E-state index contributed by atoms with van der Waals surface area (Å²) < 4.78 is 0. The summed E-state index contributed by atoms with van der Waals surface area (Å²) in [5, 5.41) is 2.91. The number of carbonyl (C=O) groups excluding carboxylic acids is 1. The standard InChI is InChI=1S/C13H17NO/c1-4-7-11(3)13(15)14-12-9-6-5-8-10(12)2/h4-6,8-9,11H,1,7H2,2-3H3,(H,14,15). The van der Waals surface area contributed by atoms with Gasteiger partial charge in [0.25, 0.3) is 0 Å². The molecule has 1 N–H and O–H groups in total. The summed E-state index contributed by atoms with van der Waals surface area (Å²) in [6, 6.07) is 7.76. The fourth-order valence-electron chi connectivity index (χ4n) is 1.33. The zero-order chi connectivity index (χ0) is 11.3. The number of hydrogen-bond donors (Lipinski definition) is 1. The van der Waals surface area contributed by atoms with Gasteiger partial charge in [0.15, 0.2) is 0 Å². The second-order valence-corrected chi connectivity index (χ2v) is 3.73. The second kappa shape index (κ2) is 5.35. The first-order valence-corrected chi connectivity index (χ1v) is 5.12. The summed E-state index contributed by atoms with van der Waals surface area (Å²) in [6.07, 6.45) is 2.47. The van der Waals surface area contributed by atoms with E-state index < -0.39 is 0 Å². The van der Waals surface area contributed by atoms with Gasteiger partial charge in [-0.05, 0) is 25.0 Å². The fraction of sp³-hybridized carbons (Fsp3) is 0.308. The number of amides is 1. The molecule has 0 heterocycles. The average Bonchev–Trinajstić information content (AvgIpc) is 2.21. The molecule has 0 radical (unpaired) electrons. The van der Waals surface area contributed by atoms with Crippen molar-refractivity contribution in [2.24, 2.45) is 5.92 Å². The van der Waals surface area contributed by atoms with Gasteiger partial charge in [-0.15, -0.1) is 6.58 Å². The minimum absolute atomic E-state index is 0.0258. The molecule has 15 heavy (non-hydrogen) atoms. The molecule has 1 rings (SSSR count). The van der Waals surface area contributed by atoms with Gasteiger partial charge in [-0.1, -0.05) is 31.2 Å². The number of allylic oxidation sites excluding steroid dienone is 1. The molecule has 0 aliphatic rings. The molecule has 1 atom stereocenters. The number of anilines is 1. The Morgan fingerprint density at radius 2 is 2.20 bits per heavy atom. The molecule has 80 valence electrons. The Morgan fingerprint density at radius 3 is 2.80 bits per heavy atom. The largest absolute Gasteiger partial charge is 0.326 e. The van der Waals surface area contributed by atoms with Crippen LogP contribution in [0.4, 0.5) is 5.69 Å². The second-order valence-electron chi connectivity index (χ2n) is 3.73. The maximum absolute atomic E-state index is 11.7. The first kappa shape index (κ1) is 11.5. The molecule has 1 amide bonds. The van der Waals surface area contributed by atoms with Gasteiger partial charge in [-0.25, -0.2) is 0 Å². The summed E-state index contributed by atoms with van der Waals surface area (Å²) in [7, 11) is 0. The summed E-state index contributed by atoms with van der Waals surface area (Å²) >= 11 is 0. The Morgan fingerprint density at radius 1 is 1.53 bits per heavy atom. The van der Waals surface area contributed by atoms with Gasteiger partial charge < -0.3 is 5.32 Å². The van der Waals surface area contributed by atoms with Gasteiger partial charge in [-0.2, -0.15) is 0 Å². The molecule has 0 aliphatic carbocycles. The van der Waals surface area contributed by atoms with Gasteiger partial charge in [0.2, 0.25) is 5.91 Å². The smallest absolute Gasteiger partial charge is 0.227 e. The highest BCUT2D eigenvalue weighted by Crippen LogP contribution is 2.15. The van der Waals surface area contributed by atoms with Crippen LogP contribution in [0.1, 0.15) is 18.9 Å². The van der Waals surface area contributed by atoms with Crippen molar-refractivity contribution in [3.05, 3.63) is 42.5 Å². The summed E-state index contributed by atoms with van der Waals surface area (Å²) in [5.41, 5.74) is 1.97. The molecule has 0 aromatic heterocycles. The Hall–Kier alpha value is -1.57. The Balaban J connectivity index is 2.66. The monoisotopic (exact) mass is 203 g/mol. The molecule has 1 aromatic rings. The Kier molecular flexibility index (Phi) is 4.10. The van der Waals surface area contributed by atoms with Crippen molar-refractivity contribution in [2.45, 2.75) is 20.3 Å². The molecular formula is C13H17NO. The van der Waals surface area contributed by atoms with Crippen LogP contribution in [-0.4, -0.2) is 5.91 Å². The topological polar surface area (TPSA) is 29.1 Å². The first-order valence-electron chi connectivity index (χ1n) is 5.12. The van der Waals surface area contributed by atoms with Gasteiger partial charge in [-0.3, -0.25) is 4.79 Å². The molecule has 0 saturated carbocycles. The van der Waals surface area contributed by atoms with E-state index in [1.54, 1.807) is 6.08 Å². The molecule has 1 aromatic carbocycles. The minimum Gasteiger partial charge on any atom is -0.326 e. The van der Waals surface area contributed by atoms with Crippen LogP contribution in [0.2, 0.25) is 0 Å². The molecule has 0 aliphatic heterocycles. The zero-order valence-corrected chi connectivity index (χ0v) is 9.29. The molecule has 0 saturated heterocycles. The zero-order valence-electron chi connectivity index (χ0n) is 9.29. The molecular weight excluding hydrogens is 186 g/mol. The van der Waals surface area contributed by atoms with Gasteiger partial charge in [0.05, 0.1) is 0 Å². The normalized spacial score (nSPS) is 11.9. The van der Waals surface area contributed by atoms with E-state index in [0.29, 0.717) is 6.42 Å². The molecule has 0 spiro atoms. The third-order valence-corrected chi connectivity index (χ3v) is 2.37. The first-order chi connectivity index (χ1) is 7.15. The lowest BCUT2D eigenvalue weighted by molar-refractivity contribution is -0.119. The maximum atomic E-state index is 11.7. The van der Waals surface area contributed by atoms with Crippen LogP contribution in [0.5, 0.6) is 0 Å². The van der Waals surface area contributed by atoms with Crippen LogP contribution in [-0.2, 0) is 4.79 Å². The molecule has 1 unspecified atom stereocenters. The summed E-state index contributed by atoms with van der Waals surface area (Å²) in [6.45, 7) is 7.51. The van der Waals surface area contributed by atoms with E-state index in [1.807, 2.05) is 38.1 Å². The lowest BCUT2D eigenvalue weighted by Gasteiger charge is -2.11. The van der Waals surface area contributed by atoms with Crippen LogP contribution < -0.4 is 5.32 Å². The lowest BCUT2D eigenvalue weighted by atomic mass is 10.1. The van der Waals surface area contributed by atoms with E-state index in [2.05, 4.69) is 11.9 Å². The number of rotatable bonds is 4. The van der Waals surface area contributed by atoms with Crippen molar-refractivity contribution in [1.29, 1.82) is 0 Å². The van der Waals surface area contributed by atoms with Crippen LogP contribution >= 0.6 is 0 Å². The van der Waals surface area contributed by atoms with Crippen LogP contribution in [0.3, 0.4) is 0 Å². The summed E-state index contributed by atoms with van der Waals surface area (Å²) in [4.78, 5) is 11.7. The highest BCUT2D eigenvalue weighted by molar-refractivity contribution is 5.93. The van der Waals surface area contributed by atoms with E-state index in [0.717, 1.165) is 11.3 Å². The van der Waals surface area contributed by atoms with Gasteiger partial charge in [0.1, 0.15) is 0 Å². The SMILES string of the molecule is C=CCC(C)C(=O)Nc1ccccc1C. The molecule has 2 nitrogen and oxygen atoms in total. The highest BCUT2D eigenvalue weighted by atomic mass is 16.1. The Labute approximate surface area is 91.0 Å². The average molecular weight is 203 g/mol. The quantitative estimate of drug-likeness (QED) is 0.748. The van der Waals surface area contributed by atoms with Gasteiger partial charge in [0, 0.05) is 11.6 Å². The van der Waals surface area contributed by atoms with E-state index in [4.69, 9.17) is 0 Å². The van der Waals surface area contributed by atoms with E-state index >= 15 is 0 Å². The van der Waals surface area contributed by atoms with Crippen LogP contribution in [0, 0.1) is 12.8 Å². The van der Waals surface area contributed by atoms with Gasteiger partial charge >= 0.3 is 0 Å². The number of carbonyl (C=O) groups is 1. The number of benzene rings is 1.